The molecule has 0 aromatic heterocycles. The zero-order chi connectivity index (χ0) is 13.5. The Morgan fingerprint density at radius 2 is 2.44 bits per heavy atom. The second-order valence-electron chi connectivity index (χ2n) is 4.13. The summed E-state index contributed by atoms with van der Waals surface area (Å²) in [6, 6.07) is 0. The average Bonchev–Trinajstić information content (AvgIpc) is 2.38. The van der Waals surface area contributed by atoms with Crippen molar-refractivity contribution in [3.05, 3.63) is 22.0 Å². The number of halogens is 1. The molecular formula is C11H17BIO3PS. The summed E-state index contributed by atoms with van der Waals surface area (Å²) in [6.45, 7) is 10.6. The van der Waals surface area contributed by atoms with Crippen LogP contribution in [0, 0.1) is 5.92 Å². The Morgan fingerprint density at radius 1 is 1.72 bits per heavy atom. The summed E-state index contributed by atoms with van der Waals surface area (Å²) in [5.41, 5.74) is 1.05. The summed E-state index contributed by atoms with van der Waals surface area (Å²) in [4.78, 5) is 0. The van der Waals surface area contributed by atoms with Crippen molar-refractivity contribution in [3.63, 3.8) is 0 Å². The first kappa shape index (κ1) is 16.6. The maximum atomic E-state index is 5.93. The fraction of sp³-hybridized carbons (Fsp3) is 0.636. The van der Waals surface area contributed by atoms with Crippen molar-refractivity contribution in [1.82, 2.24) is 0 Å². The quantitative estimate of drug-likeness (QED) is 0.308. The summed E-state index contributed by atoms with van der Waals surface area (Å²) in [7, 11) is 0. The van der Waals surface area contributed by atoms with Gasteiger partial charge in [0.15, 0.2) is 0 Å². The normalized spacial score (nSPS) is 28.9. The molecule has 0 saturated carbocycles. The monoisotopic (exact) mass is 398 g/mol. The van der Waals surface area contributed by atoms with Crippen LogP contribution in [0.25, 0.3) is 0 Å². The zero-order valence-electron chi connectivity index (χ0n) is 10.5. The van der Waals surface area contributed by atoms with Crippen LogP contribution in [0.1, 0.15) is 20.3 Å². The molecule has 1 fully saturated rings. The standard InChI is InChI=1S/C11H17BIO3PS/c1-7(6-13)11-15-9(3)8(2)10(16-11)4-5-14-12-17-18/h6,8,10-11,17H,3-5H2,1-2H3/b7-6+/t8-,10-,11+/m1/s1. The molecule has 0 aromatic carbocycles. The van der Waals surface area contributed by atoms with Gasteiger partial charge in [-0.3, -0.25) is 0 Å². The molecular weight excluding hydrogens is 381 g/mol. The van der Waals surface area contributed by atoms with Crippen LogP contribution in [0.5, 0.6) is 0 Å². The van der Waals surface area contributed by atoms with Crippen LogP contribution < -0.4 is 0 Å². The molecule has 0 aromatic rings. The molecule has 0 aliphatic carbocycles. The molecule has 1 rings (SSSR count). The van der Waals surface area contributed by atoms with Gasteiger partial charge in [-0.15, -0.1) is 0 Å². The van der Waals surface area contributed by atoms with Crippen LogP contribution in [0.2, 0.25) is 0 Å². The van der Waals surface area contributed by atoms with Crippen LogP contribution in [-0.4, -0.2) is 25.8 Å². The molecule has 0 bridgehead atoms. The maximum absolute atomic E-state index is 5.93. The van der Waals surface area contributed by atoms with Gasteiger partial charge in [0, 0.05) is 0 Å². The van der Waals surface area contributed by atoms with Gasteiger partial charge < -0.3 is 0 Å². The third kappa shape index (κ3) is 4.89. The number of ether oxygens (including phenoxy) is 2. The molecule has 1 aliphatic rings. The average molecular weight is 398 g/mol. The Kier molecular flexibility index (Phi) is 7.95. The van der Waals surface area contributed by atoms with Crippen molar-refractivity contribution in [2.45, 2.75) is 32.7 Å². The van der Waals surface area contributed by atoms with Gasteiger partial charge in [-0.1, -0.05) is 0 Å². The SMILES string of the molecule is C=C1O[C@H](/C(C)=C/I)O[C@H](CCOB=[PH]=S)[C@@H]1C. The molecule has 0 radical (unpaired) electrons. The molecule has 1 aliphatic heterocycles. The summed E-state index contributed by atoms with van der Waals surface area (Å²) in [6.07, 6.45) is 0.565. The zero-order valence-corrected chi connectivity index (χ0v) is 14.5. The van der Waals surface area contributed by atoms with E-state index in [2.05, 4.69) is 36.1 Å². The first-order valence-corrected chi connectivity index (χ1v) is 9.14. The van der Waals surface area contributed by atoms with Gasteiger partial charge in [0.25, 0.3) is 0 Å². The number of hydrogen-bond donors (Lipinski definition) is 0. The number of rotatable bonds is 5. The molecule has 0 spiro atoms. The molecule has 1 unspecified atom stereocenters. The van der Waals surface area contributed by atoms with E-state index >= 15 is 0 Å². The Hall–Kier alpha value is 0.515. The Bertz CT molecular complexity index is 384. The van der Waals surface area contributed by atoms with E-state index in [1.54, 1.807) is 6.82 Å². The van der Waals surface area contributed by atoms with Crippen molar-refractivity contribution >= 4 is 48.1 Å². The van der Waals surface area contributed by atoms with Gasteiger partial charge >= 0.3 is 129 Å². The molecule has 0 amide bonds. The van der Waals surface area contributed by atoms with Crippen molar-refractivity contribution in [2.24, 2.45) is 5.92 Å². The summed E-state index contributed by atoms with van der Waals surface area (Å²) in [5, 5.41) is 0. The second-order valence-corrected chi connectivity index (χ2v) is 5.93. The van der Waals surface area contributed by atoms with E-state index in [9.17, 15) is 0 Å². The van der Waals surface area contributed by atoms with Crippen LogP contribution in [0.4, 0.5) is 0 Å². The number of hydrogen-bond acceptors (Lipinski definition) is 4. The van der Waals surface area contributed by atoms with Crippen LogP contribution in [-0.2, 0) is 25.9 Å². The first-order valence-electron chi connectivity index (χ1n) is 5.69. The Balaban J connectivity index is 2.58. The summed E-state index contributed by atoms with van der Waals surface area (Å²) in [5.74, 6) is 0.959. The topological polar surface area (TPSA) is 27.7 Å². The van der Waals surface area contributed by atoms with Crippen LogP contribution in [0.3, 0.4) is 0 Å². The molecule has 18 heavy (non-hydrogen) atoms. The second kappa shape index (κ2) is 8.64. The van der Waals surface area contributed by atoms with Gasteiger partial charge in [0.05, 0.1) is 0 Å². The van der Waals surface area contributed by atoms with E-state index in [4.69, 9.17) is 25.9 Å². The third-order valence-corrected chi connectivity index (χ3v) is 4.35. The van der Waals surface area contributed by atoms with Crippen molar-refractivity contribution < 1.29 is 14.1 Å². The molecule has 3 nitrogen and oxygen atoms in total. The third-order valence-electron chi connectivity index (χ3n) is 2.82. The van der Waals surface area contributed by atoms with E-state index in [0.717, 1.165) is 17.8 Å². The minimum absolute atomic E-state index is 0.0735. The fourth-order valence-corrected chi connectivity index (χ4v) is 2.29. The molecule has 1 heterocycles. The van der Waals surface area contributed by atoms with E-state index in [-0.39, 0.29) is 18.3 Å². The minimum atomic E-state index is -0.319. The Labute approximate surface area is 129 Å². The molecule has 7 heteroatoms. The molecule has 1 saturated heterocycles. The van der Waals surface area contributed by atoms with E-state index in [0.29, 0.717) is 13.5 Å². The van der Waals surface area contributed by atoms with Crippen molar-refractivity contribution in [2.75, 3.05) is 6.61 Å². The van der Waals surface area contributed by atoms with Crippen molar-refractivity contribution in [3.8, 4) is 0 Å². The van der Waals surface area contributed by atoms with Gasteiger partial charge in [0.2, 0.25) is 0 Å². The van der Waals surface area contributed by atoms with Crippen LogP contribution in [0.15, 0.2) is 22.0 Å². The van der Waals surface area contributed by atoms with Crippen molar-refractivity contribution in [1.29, 1.82) is 0 Å². The first-order chi connectivity index (χ1) is 8.60. The predicted octanol–water partition coefficient (Wildman–Crippen LogP) is 3.30. The van der Waals surface area contributed by atoms with E-state index in [1.165, 1.54) is 0 Å². The van der Waals surface area contributed by atoms with Gasteiger partial charge in [-0.25, -0.2) is 0 Å². The summed E-state index contributed by atoms with van der Waals surface area (Å²) >= 11 is 6.99. The van der Waals surface area contributed by atoms with Gasteiger partial charge in [-0.05, 0) is 0 Å². The molecule has 4 atom stereocenters. The fourth-order valence-electron chi connectivity index (χ4n) is 1.60. The predicted molar refractivity (Wildman–Crippen MR) is 87.8 cm³/mol. The summed E-state index contributed by atoms with van der Waals surface area (Å²) < 4.78 is 18.9. The Morgan fingerprint density at radius 3 is 3.06 bits per heavy atom. The van der Waals surface area contributed by atoms with Gasteiger partial charge in [-0.2, -0.15) is 0 Å². The van der Waals surface area contributed by atoms with E-state index in [1.807, 2.05) is 11.0 Å². The van der Waals surface area contributed by atoms with Gasteiger partial charge in [0.1, 0.15) is 0 Å². The molecule has 100 valence electrons. The molecule has 0 N–H and O–H groups in total. The van der Waals surface area contributed by atoms with E-state index < -0.39 is 0 Å². The van der Waals surface area contributed by atoms with Crippen LogP contribution >= 0.6 is 29.4 Å².